The van der Waals surface area contributed by atoms with E-state index in [1.165, 1.54) is 4.68 Å². The van der Waals surface area contributed by atoms with E-state index in [1.807, 2.05) is 60.7 Å². The first-order chi connectivity index (χ1) is 19.7. The van der Waals surface area contributed by atoms with Gasteiger partial charge in [0.15, 0.2) is 0 Å². The molecular formula is C32H40N4O4. The highest BCUT2D eigenvalue weighted by Gasteiger charge is 2.30. The Morgan fingerprint density at radius 3 is 1.82 bits per heavy atom. The van der Waals surface area contributed by atoms with Crippen molar-refractivity contribution in [1.82, 2.24) is 20.4 Å². The molecule has 2 aliphatic rings. The number of carbonyl (C=O) groups is 2. The van der Waals surface area contributed by atoms with Crippen LogP contribution >= 0.6 is 0 Å². The van der Waals surface area contributed by atoms with Gasteiger partial charge in [0.1, 0.15) is 12.2 Å². The van der Waals surface area contributed by atoms with Crippen LogP contribution in [0, 0.1) is 0 Å². The second kappa shape index (κ2) is 14.2. The minimum absolute atomic E-state index is 0.0176. The fourth-order valence-electron chi connectivity index (χ4n) is 5.76. The van der Waals surface area contributed by atoms with Crippen LogP contribution in [0.5, 0.6) is 0 Å². The van der Waals surface area contributed by atoms with Crippen molar-refractivity contribution in [2.45, 2.75) is 95.4 Å². The van der Waals surface area contributed by atoms with Crippen LogP contribution in [-0.4, -0.2) is 45.9 Å². The molecule has 5 rings (SSSR count). The van der Waals surface area contributed by atoms with Crippen LogP contribution in [0.4, 0.5) is 0 Å². The lowest BCUT2D eigenvalue weighted by atomic mass is 9.92. The number of nitrogens with zero attached hydrogens (tertiary/aromatic N) is 2. The van der Waals surface area contributed by atoms with Gasteiger partial charge in [0, 0.05) is 6.20 Å². The number of benzene rings is 2. The topological polar surface area (TPSA) is 94.5 Å². The molecule has 1 heterocycles. The molecule has 2 aromatic carbocycles. The van der Waals surface area contributed by atoms with Gasteiger partial charge < -0.3 is 20.1 Å². The Balaban J connectivity index is 1.14. The molecule has 212 valence electrons. The molecule has 2 N–H and O–H groups in total. The summed E-state index contributed by atoms with van der Waals surface area (Å²) >= 11 is 0. The number of rotatable bonds is 11. The van der Waals surface area contributed by atoms with Gasteiger partial charge >= 0.3 is 0 Å². The minimum Gasteiger partial charge on any atom is -0.371 e. The van der Waals surface area contributed by atoms with E-state index in [4.69, 9.17) is 9.47 Å². The monoisotopic (exact) mass is 544 g/mol. The number of amides is 2. The maximum atomic E-state index is 13.3. The van der Waals surface area contributed by atoms with Crippen molar-refractivity contribution >= 4 is 11.8 Å². The molecule has 0 unspecified atom stereocenters. The highest BCUT2D eigenvalue weighted by Crippen LogP contribution is 2.24. The minimum atomic E-state index is -0.229. The quantitative estimate of drug-likeness (QED) is 0.362. The first-order valence-electron chi connectivity index (χ1n) is 14.6. The molecule has 0 saturated heterocycles. The number of nitrogens with one attached hydrogen (secondary N) is 2. The highest BCUT2D eigenvalue weighted by atomic mass is 16.5. The third-order valence-electron chi connectivity index (χ3n) is 7.92. The summed E-state index contributed by atoms with van der Waals surface area (Å²) in [5.41, 5.74) is 2.62. The Hall–Kier alpha value is -3.49. The molecule has 2 aliphatic carbocycles. The van der Waals surface area contributed by atoms with Crippen molar-refractivity contribution in [3.8, 4) is 0 Å². The molecule has 2 saturated carbocycles. The van der Waals surface area contributed by atoms with Crippen molar-refractivity contribution in [2.75, 3.05) is 0 Å². The zero-order valence-electron chi connectivity index (χ0n) is 23.0. The molecule has 0 spiro atoms. The summed E-state index contributed by atoms with van der Waals surface area (Å²) in [4.78, 5) is 26.3. The number of hydrogen-bond donors (Lipinski definition) is 2. The summed E-state index contributed by atoms with van der Waals surface area (Å²) in [5.74, 6) is -0.396. The Bertz CT molecular complexity index is 1220. The SMILES string of the molecule is O=C(Cn1nccc1C(=O)N[C@H]1CCCC[C@@H]1OCc1ccccc1)N[C@H]1CCCC[C@@H]1OCc1ccccc1. The van der Waals surface area contributed by atoms with Crippen LogP contribution < -0.4 is 10.6 Å². The highest BCUT2D eigenvalue weighted by molar-refractivity contribution is 5.93. The lowest BCUT2D eigenvalue weighted by molar-refractivity contribution is -0.124. The van der Waals surface area contributed by atoms with Gasteiger partial charge in [-0.15, -0.1) is 0 Å². The number of aromatic nitrogens is 2. The normalized spacial score (nSPS) is 22.9. The van der Waals surface area contributed by atoms with Gasteiger partial charge in [-0.3, -0.25) is 14.3 Å². The van der Waals surface area contributed by atoms with Crippen molar-refractivity contribution in [1.29, 1.82) is 0 Å². The maximum Gasteiger partial charge on any atom is 0.269 e. The third-order valence-corrected chi connectivity index (χ3v) is 7.92. The second-order valence-corrected chi connectivity index (χ2v) is 10.9. The second-order valence-electron chi connectivity index (χ2n) is 10.9. The summed E-state index contributed by atoms with van der Waals surface area (Å²) < 4.78 is 13.9. The lowest BCUT2D eigenvalue weighted by Crippen LogP contribution is -2.48. The molecule has 0 bridgehead atoms. The van der Waals surface area contributed by atoms with Crippen molar-refractivity contribution < 1.29 is 19.1 Å². The fraction of sp³-hybridized carbons (Fsp3) is 0.469. The number of ether oxygens (including phenoxy) is 2. The predicted molar refractivity (Wildman–Crippen MR) is 152 cm³/mol. The van der Waals surface area contributed by atoms with E-state index >= 15 is 0 Å². The Morgan fingerprint density at radius 1 is 0.725 bits per heavy atom. The summed E-state index contributed by atoms with van der Waals surface area (Å²) in [6, 6.07) is 21.7. The molecule has 2 fully saturated rings. The third kappa shape index (κ3) is 7.79. The average molecular weight is 545 g/mol. The van der Waals surface area contributed by atoms with Crippen LogP contribution in [0.2, 0.25) is 0 Å². The largest absolute Gasteiger partial charge is 0.371 e. The molecule has 8 nitrogen and oxygen atoms in total. The van der Waals surface area contributed by atoms with Crippen molar-refractivity contribution in [2.24, 2.45) is 0 Å². The number of carbonyl (C=O) groups excluding carboxylic acids is 2. The molecule has 1 aromatic heterocycles. The summed E-state index contributed by atoms with van der Waals surface area (Å²) in [6.45, 7) is 1.03. The van der Waals surface area contributed by atoms with Gasteiger partial charge in [0.05, 0.1) is 37.5 Å². The first-order valence-corrected chi connectivity index (χ1v) is 14.6. The molecule has 8 heteroatoms. The summed E-state index contributed by atoms with van der Waals surface area (Å²) in [6.07, 6.45) is 9.35. The molecule has 40 heavy (non-hydrogen) atoms. The fourth-order valence-corrected chi connectivity index (χ4v) is 5.76. The van der Waals surface area contributed by atoms with Crippen molar-refractivity contribution in [3.63, 3.8) is 0 Å². The van der Waals surface area contributed by atoms with Gasteiger partial charge in [-0.05, 0) is 42.9 Å². The molecule has 0 aliphatic heterocycles. The van der Waals surface area contributed by atoms with E-state index in [0.717, 1.165) is 62.5 Å². The zero-order chi connectivity index (χ0) is 27.6. The molecular weight excluding hydrogens is 504 g/mol. The Labute approximate surface area is 236 Å². The van der Waals surface area contributed by atoms with Gasteiger partial charge in [0.2, 0.25) is 5.91 Å². The smallest absolute Gasteiger partial charge is 0.269 e. The Kier molecular flexibility index (Phi) is 9.98. The van der Waals surface area contributed by atoms with Gasteiger partial charge in [-0.1, -0.05) is 86.3 Å². The molecule has 4 atom stereocenters. The first kappa shape index (κ1) is 28.1. The average Bonchev–Trinajstić information content (AvgIpc) is 3.45. The number of hydrogen-bond acceptors (Lipinski definition) is 5. The summed E-state index contributed by atoms with van der Waals surface area (Å²) in [5, 5.41) is 10.6. The standard InChI is InChI=1S/C32H40N4O4/c37-31(34-26-15-7-9-17-29(26)39-22-24-11-3-1-4-12-24)21-36-28(19-20-33-36)32(38)35-27-16-8-10-18-30(27)40-23-25-13-5-2-6-14-25/h1-6,11-14,19-20,26-27,29-30H,7-10,15-18,21-23H2,(H,34,37)(H,35,38)/t26-,27-,29-,30-/m0/s1. The van der Waals surface area contributed by atoms with E-state index in [-0.39, 0.29) is 42.7 Å². The zero-order valence-corrected chi connectivity index (χ0v) is 23.0. The van der Waals surface area contributed by atoms with E-state index in [0.29, 0.717) is 18.9 Å². The van der Waals surface area contributed by atoms with Gasteiger partial charge in [-0.2, -0.15) is 5.10 Å². The van der Waals surface area contributed by atoms with Crippen LogP contribution in [0.3, 0.4) is 0 Å². The van der Waals surface area contributed by atoms with E-state index in [1.54, 1.807) is 12.3 Å². The van der Waals surface area contributed by atoms with Crippen molar-refractivity contribution in [3.05, 3.63) is 89.7 Å². The van der Waals surface area contributed by atoms with Gasteiger partial charge in [-0.25, -0.2) is 0 Å². The molecule has 0 radical (unpaired) electrons. The van der Waals surface area contributed by atoms with Crippen LogP contribution in [-0.2, 0) is 34.0 Å². The maximum absolute atomic E-state index is 13.3. The van der Waals surface area contributed by atoms with E-state index in [9.17, 15) is 9.59 Å². The molecule has 3 aromatic rings. The van der Waals surface area contributed by atoms with Crippen LogP contribution in [0.1, 0.15) is 73.0 Å². The van der Waals surface area contributed by atoms with Gasteiger partial charge in [0.25, 0.3) is 5.91 Å². The lowest BCUT2D eigenvalue weighted by Gasteiger charge is -2.32. The molecule has 2 amide bonds. The predicted octanol–water partition coefficient (Wildman–Crippen LogP) is 4.79. The van der Waals surface area contributed by atoms with Crippen LogP contribution in [0.25, 0.3) is 0 Å². The summed E-state index contributed by atoms with van der Waals surface area (Å²) in [7, 11) is 0. The Morgan fingerprint density at radius 2 is 1.25 bits per heavy atom. The van der Waals surface area contributed by atoms with Crippen LogP contribution in [0.15, 0.2) is 72.9 Å². The van der Waals surface area contributed by atoms with E-state index < -0.39 is 0 Å². The van der Waals surface area contributed by atoms with E-state index in [2.05, 4.69) is 15.7 Å².